The van der Waals surface area contributed by atoms with Crippen molar-refractivity contribution >= 4 is 5.78 Å². The molecular formula is C12H17N3O. The van der Waals surface area contributed by atoms with E-state index >= 15 is 0 Å². The molecule has 0 aromatic carbocycles. The van der Waals surface area contributed by atoms with Gasteiger partial charge in [-0.3, -0.25) is 14.7 Å². The van der Waals surface area contributed by atoms with Gasteiger partial charge in [-0.25, -0.2) is 0 Å². The molecule has 0 amide bonds. The quantitative estimate of drug-likeness (QED) is 0.750. The number of carbonyl (C=O) groups is 1. The number of rotatable bonds is 2. The number of nitrogens with zero attached hydrogens (tertiary/aromatic N) is 2. The molecule has 0 saturated carbocycles. The van der Waals surface area contributed by atoms with Gasteiger partial charge in [0.25, 0.3) is 0 Å². The molecule has 1 aliphatic rings. The number of carbonyl (C=O) groups excluding carboxylic acids is 1. The van der Waals surface area contributed by atoms with Gasteiger partial charge in [0, 0.05) is 30.4 Å². The Morgan fingerprint density at radius 2 is 2.44 bits per heavy atom. The summed E-state index contributed by atoms with van der Waals surface area (Å²) in [6, 6.07) is 3.61. The van der Waals surface area contributed by atoms with Gasteiger partial charge < -0.3 is 5.73 Å². The minimum Gasteiger partial charge on any atom is -0.316 e. The van der Waals surface area contributed by atoms with E-state index in [0.717, 1.165) is 19.4 Å². The van der Waals surface area contributed by atoms with Crippen molar-refractivity contribution in [1.29, 1.82) is 0 Å². The number of hydrogen-bond acceptors (Lipinski definition) is 4. The molecule has 1 saturated heterocycles. The second kappa shape index (κ2) is 4.72. The fourth-order valence-electron chi connectivity index (χ4n) is 2.10. The van der Waals surface area contributed by atoms with Crippen LogP contribution >= 0.6 is 0 Å². The highest BCUT2D eigenvalue weighted by atomic mass is 16.1. The molecule has 0 bridgehead atoms. The van der Waals surface area contributed by atoms with E-state index in [9.17, 15) is 4.79 Å². The summed E-state index contributed by atoms with van der Waals surface area (Å²) in [6.07, 6.45) is 4.94. The third kappa shape index (κ3) is 2.28. The highest BCUT2D eigenvalue weighted by Gasteiger charge is 2.28. The van der Waals surface area contributed by atoms with Crippen LogP contribution in [0.2, 0.25) is 0 Å². The maximum absolute atomic E-state index is 12.1. The smallest absolute Gasteiger partial charge is 0.167 e. The van der Waals surface area contributed by atoms with E-state index in [1.165, 1.54) is 0 Å². The summed E-state index contributed by atoms with van der Waals surface area (Å²) in [6.45, 7) is 0.887. The molecule has 0 aliphatic carbocycles. The molecule has 4 heteroatoms. The van der Waals surface area contributed by atoms with Gasteiger partial charge in [0.1, 0.15) is 0 Å². The first-order chi connectivity index (χ1) is 7.68. The fourth-order valence-corrected chi connectivity index (χ4v) is 2.10. The third-order valence-electron chi connectivity index (χ3n) is 3.24. The Morgan fingerprint density at radius 1 is 1.62 bits per heavy atom. The standard InChI is InChI=1S/C12H17N3O/c1-15-6-4-9(7-11(15)13)12(16)10-3-2-5-14-8-10/h2-3,5,8-9,11H,4,6-7,13H2,1H3. The Balaban J connectivity index is 2.06. The lowest BCUT2D eigenvalue weighted by atomic mass is 9.88. The molecule has 2 atom stereocenters. The second-order valence-corrected chi connectivity index (χ2v) is 4.38. The SMILES string of the molecule is CN1CCC(C(=O)c2cccnc2)CC1N. The van der Waals surface area contributed by atoms with Gasteiger partial charge in [-0.1, -0.05) is 0 Å². The maximum Gasteiger partial charge on any atom is 0.167 e. The number of piperidine rings is 1. The summed E-state index contributed by atoms with van der Waals surface area (Å²) < 4.78 is 0. The van der Waals surface area contributed by atoms with Crippen LogP contribution in [0.5, 0.6) is 0 Å². The molecule has 2 heterocycles. The fraction of sp³-hybridized carbons (Fsp3) is 0.500. The zero-order valence-corrected chi connectivity index (χ0v) is 9.47. The molecule has 1 aromatic rings. The van der Waals surface area contributed by atoms with Gasteiger partial charge in [0.2, 0.25) is 0 Å². The van der Waals surface area contributed by atoms with Crippen molar-refractivity contribution in [2.75, 3.05) is 13.6 Å². The lowest BCUT2D eigenvalue weighted by molar-refractivity contribution is 0.0788. The van der Waals surface area contributed by atoms with Crippen LogP contribution in [0.15, 0.2) is 24.5 Å². The maximum atomic E-state index is 12.1. The molecule has 2 unspecified atom stereocenters. The number of Topliss-reactive ketones (excluding diaryl/α,β-unsaturated/α-hetero) is 1. The van der Waals surface area contributed by atoms with Crippen LogP contribution in [-0.2, 0) is 0 Å². The van der Waals surface area contributed by atoms with E-state index in [1.807, 2.05) is 13.1 Å². The van der Waals surface area contributed by atoms with Crippen LogP contribution in [-0.4, -0.2) is 35.4 Å². The van der Waals surface area contributed by atoms with E-state index < -0.39 is 0 Å². The predicted octanol–water partition coefficient (Wildman–Crippen LogP) is 0.891. The average molecular weight is 219 g/mol. The summed E-state index contributed by atoms with van der Waals surface area (Å²) >= 11 is 0. The van der Waals surface area contributed by atoms with Crippen molar-refractivity contribution in [2.45, 2.75) is 19.0 Å². The van der Waals surface area contributed by atoms with Crippen molar-refractivity contribution in [3.8, 4) is 0 Å². The minimum absolute atomic E-state index is 0.000582. The van der Waals surface area contributed by atoms with Crippen LogP contribution in [0.1, 0.15) is 23.2 Å². The molecule has 0 radical (unpaired) electrons. The van der Waals surface area contributed by atoms with Crippen LogP contribution in [0.25, 0.3) is 0 Å². The van der Waals surface area contributed by atoms with Gasteiger partial charge in [-0.2, -0.15) is 0 Å². The monoisotopic (exact) mass is 219 g/mol. The van der Waals surface area contributed by atoms with Crippen molar-refractivity contribution in [3.63, 3.8) is 0 Å². The Kier molecular flexibility index (Phi) is 3.31. The van der Waals surface area contributed by atoms with Crippen molar-refractivity contribution in [3.05, 3.63) is 30.1 Å². The molecule has 4 nitrogen and oxygen atoms in total. The summed E-state index contributed by atoms with van der Waals surface area (Å²) in [5, 5.41) is 0. The molecule has 1 fully saturated rings. The number of ketones is 1. The first-order valence-corrected chi connectivity index (χ1v) is 5.58. The molecule has 2 N–H and O–H groups in total. The topological polar surface area (TPSA) is 59.2 Å². The van der Waals surface area contributed by atoms with Gasteiger partial charge in [-0.05, 0) is 32.0 Å². The van der Waals surface area contributed by atoms with E-state index in [4.69, 9.17) is 5.73 Å². The van der Waals surface area contributed by atoms with Gasteiger partial charge in [0.05, 0.1) is 6.17 Å². The summed E-state index contributed by atoms with van der Waals surface area (Å²) in [5.74, 6) is 0.229. The lowest BCUT2D eigenvalue weighted by Gasteiger charge is -2.33. The minimum atomic E-state index is -0.000582. The molecule has 2 rings (SSSR count). The van der Waals surface area contributed by atoms with Crippen LogP contribution < -0.4 is 5.73 Å². The molecule has 1 aromatic heterocycles. The zero-order chi connectivity index (χ0) is 11.5. The predicted molar refractivity (Wildman–Crippen MR) is 61.9 cm³/mol. The Labute approximate surface area is 95.5 Å². The number of aromatic nitrogens is 1. The zero-order valence-electron chi connectivity index (χ0n) is 9.47. The summed E-state index contributed by atoms with van der Waals surface area (Å²) in [7, 11) is 2.00. The normalized spacial score (nSPS) is 26.6. The highest BCUT2D eigenvalue weighted by Crippen LogP contribution is 2.22. The molecule has 16 heavy (non-hydrogen) atoms. The largest absolute Gasteiger partial charge is 0.316 e. The highest BCUT2D eigenvalue weighted by molar-refractivity contribution is 5.97. The van der Waals surface area contributed by atoms with Crippen LogP contribution in [0.3, 0.4) is 0 Å². The van der Waals surface area contributed by atoms with E-state index in [2.05, 4.69) is 9.88 Å². The van der Waals surface area contributed by atoms with E-state index in [0.29, 0.717) is 5.56 Å². The molecule has 86 valence electrons. The molecule has 0 spiro atoms. The average Bonchev–Trinajstić information content (AvgIpc) is 2.33. The summed E-state index contributed by atoms with van der Waals surface area (Å²) in [4.78, 5) is 18.2. The van der Waals surface area contributed by atoms with Crippen molar-refractivity contribution in [2.24, 2.45) is 11.7 Å². The first-order valence-electron chi connectivity index (χ1n) is 5.58. The third-order valence-corrected chi connectivity index (χ3v) is 3.24. The van der Waals surface area contributed by atoms with Crippen molar-refractivity contribution < 1.29 is 4.79 Å². The van der Waals surface area contributed by atoms with Gasteiger partial charge in [0.15, 0.2) is 5.78 Å². The van der Waals surface area contributed by atoms with Gasteiger partial charge >= 0.3 is 0 Å². The van der Waals surface area contributed by atoms with E-state index in [1.54, 1.807) is 18.5 Å². The van der Waals surface area contributed by atoms with Crippen LogP contribution in [0.4, 0.5) is 0 Å². The van der Waals surface area contributed by atoms with E-state index in [-0.39, 0.29) is 17.9 Å². The Bertz CT molecular complexity index is 366. The lowest BCUT2D eigenvalue weighted by Crippen LogP contribution is -2.47. The number of pyridine rings is 1. The van der Waals surface area contributed by atoms with Crippen molar-refractivity contribution in [1.82, 2.24) is 9.88 Å². The second-order valence-electron chi connectivity index (χ2n) is 4.38. The Morgan fingerprint density at radius 3 is 3.06 bits per heavy atom. The molecular weight excluding hydrogens is 202 g/mol. The van der Waals surface area contributed by atoms with Gasteiger partial charge in [-0.15, -0.1) is 0 Å². The Hall–Kier alpha value is -1.26. The number of hydrogen-bond donors (Lipinski definition) is 1. The number of nitrogens with two attached hydrogens (primary N) is 1. The summed E-state index contributed by atoms with van der Waals surface area (Å²) in [5.41, 5.74) is 6.64. The van der Waals surface area contributed by atoms with Crippen LogP contribution in [0, 0.1) is 5.92 Å². The molecule has 1 aliphatic heterocycles. The first kappa shape index (κ1) is 11.2. The number of likely N-dealkylation sites (tertiary alicyclic amines) is 1.